The first kappa shape index (κ1) is 43.5. The van der Waals surface area contributed by atoms with Crippen molar-refractivity contribution >= 4 is 65.6 Å². The van der Waals surface area contributed by atoms with E-state index in [1.807, 2.05) is 11.3 Å². The number of unbranched alkanes of at least 4 members (excludes halogenated alkanes) is 10. The van der Waals surface area contributed by atoms with E-state index >= 15 is 0 Å². The summed E-state index contributed by atoms with van der Waals surface area (Å²) in [6, 6.07) is 50.6. The fourth-order valence-electron chi connectivity index (χ4n) is 9.70. The highest BCUT2D eigenvalue weighted by atomic mass is 32.1. The van der Waals surface area contributed by atoms with Gasteiger partial charge in [-0.3, -0.25) is 0 Å². The number of thiophene rings is 1. The molecule has 0 aliphatic rings. The molecule has 0 radical (unpaired) electrons. The van der Waals surface area contributed by atoms with Crippen LogP contribution in [0.5, 0.6) is 0 Å². The second-order valence-electron chi connectivity index (χ2n) is 18.4. The van der Waals surface area contributed by atoms with Gasteiger partial charge in [0.1, 0.15) is 11.2 Å². The molecule has 0 fully saturated rings. The van der Waals surface area contributed by atoms with E-state index in [0.29, 0.717) is 0 Å². The minimum atomic E-state index is 0.946. The van der Waals surface area contributed by atoms with Crippen molar-refractivity contribution in [2.75, 3.05) is 0 Å². The fraction of sp³-hybridized carbons (Fsp3) is 0.290. The third-order valence-corrected chi connectivity index (χ3v) is 14.6. The van der Waals surface area contributed by atoms with Crippen molar-refractivity contribution in [1.82, 2.24) is 0 Å². The molecule has 0 aliphatic heterocycles. The molecule has 2 aromatic heterocycles. The zero-order chi connectivity index (χ0) is 43.8. The molecule has 0 N–H and O–H groups in total. The molecule has 0 amide bonds. The number of hydrogen-bond acceptors (Lipinski definition) is 2. The Morgan fingerprint density at radius 1 is 0.422 bits per heavy atom. The summed E-state index contributed by atoms with van der Waals surface area (Å²) in [6.45, 7) is 9.11. The minimum absolute atomic E-state index is 0.946. The van der Waals surface area contributed by atoms with Gasteiger partial charge in [-0.05, 0) is 149 Å². The van der Waals surface area contributed by atoms with Crippen LogP contribution in [0.15, 0.2) is 138 Å². The van der Waals surface area contributed by atoms with E-state index in [9.17, 15) is 0 Å². The largest absolute Gasteiger partial charge is 0.456 e. The summed E-state index contributed by atoms with van der Waals surface area (Å²) in [5, 5.41) is 4.96. The van der Waals surface area contributed by atoms with Gasteiger partial charge >= 0.3 is 0 Å². The Hall–Kier alpha value is -5.70. The molecule has 324 valence electrons. The third-order valence-electron chi connectivity index (χ3n) is 13.5. The van der Waals surface area contributed by atoms with Gasteiger partial charge in [0, 0.05) is 30.9 Å². The average molecular weight is 857 g/mol. The average Bonchev–Trinajstić information content (AvgIpc) is 3.87. The van der Waals surface area contributed by atoms with E-state index in [2.05, 4.69) is 173 Å². The van der Waals surface area contributed by atoms with E-state index < -0.39 is 0 Å². The van der Waals surface area contributed by atoms with E-state index in [0.717, 1.165) is 24.0 Å². The topological polar surface area (TPSA) is 13.1 Å². The molecule has 2 heteroatoms. The van der Waals surface area contributed by atoms with Gasteiger partial charge in [-0.1, -0.05) is 181 Å². The molecule has 7 aromatic carbocycles. The SMILES string of the molecule is CCCCCCCCc1cc(-c2cc(-c3ccc(/C=C/c4ccc(C)cc4)cc3)cc(-c3ccc4sc5cc6oc7ccccc7c6cc5c4c3)c2)c(CCCCCCCC)cc1C. The molecule has 0 unspecified atom stereocenters. The van der Waals surface area contributed by atoms with Crippen LogP contribution in [0.25, 0.3) is 87.6 Å². The summed E-state index contributed by atoms with van der Waals surface area (Å²) < 4.78 is 8.89. The monoisotopic (exact) mass is 856 g/mol. The molecule has 0 aliphatic carbocycles. The maximum atomic E-state index is 6.32. The number of fused-ring (bicyclic) bond motifs is 6. The number of furan rings is 1. The van der Waals surface area contributed by atoms with Crippen molar-refractivity contribution in [3.05, 3.63) is 167 Å². The molecular weight excluding hydrogens is 793 g/mol. The first-order valence-electron chi connectivity index (χ1n) is 24.3. The Morgan fingerprint density at radius 3 is 1.73 bits per heavy atom. The predicted molar refractivity (Wildman–Crippen MR) is 282 cm³/mol. The van der Waals surface area contributed by atoms with Crippen molar-refractivity contribution in [3.8, 4) is 33.4 Å². The molecule has 1 nitrogen and oxygen atoms in total. The summed E-state index contributed by atoms with van der Waals surface area (Å²) in [7, 11) is 0. The molecule has 2 heterocycles. The standard InChI is InChI=1S/C62H64OS/c1-5-7-9-11-13-15-19-48-39-55(50(35-44(48)4)20-16-14-12-10-8-6-2)53-37-51(47-31-29-46(30-32-47)28-27-45-25-23-43(3)24-26-45)36-52(38-53)49-33-34-61-57(40-49)58-41-56-54-21-17-18-22-59(54)63-60(56)42-62(58)64-61/h17-18,21-42H,5-16,19-20H2,1-4H3/b28-27+. The van der Waals surface area contributed by atoms with Crippen LogP contribution in [0.1, 0.15) is 124 Å². The molecule has 9 aromatic rings. The van der Waals surface area contributed by atoms with Crippen molar-refractivity contribution in [1.29, 1.82) is 0 Å². The summed E-state index contributed by atoms with van der Waals surface area (Å²) in [6.07, 6.45) is 22.4. The summed E-state index contributed by atoms with van der Waals surface area (Å²) >= 11 is 1.86. The van der Waals surface area contributed by atoms with Crippen LogP contribution < -0.4 is 0 Å². The van der Waals surface area contributed by atoms with Gasteiger partial charge in [-0.15, -0.1) is 11.3 Å². The molecule has 0 saturated heterocycles. The quantitative estimate of drug-likeness (QED) is 0.0583. The van der Waals surface area contributed by atoms with Crippen molar-refractivity contribution in [3.63, 3.8) is 0 Å². The first-order chi connectivity index (χ1) is 31.4. The van der Waals surface area contributed by atoms with Crippen LogP contribution in [-0.2, 0) is 12.8 Å². The molecule has 0 atom stereocenters. The van der Waals surface area contributed by atoms with Crippen LogP contribution in [0.2, 0.25) is 0 Å². The molecule has 0 spiro atoms. The van der Waals surface area contributed by atoms with E-state index in [1.54, 1.807) is 0 Å². The van der Waals surface area contributed by atoms with E-state index in [-0.39, 0.29) is 0 Å². The lowest BCUT2D eigenvalue weighted by Gasteiger charge is -2.18. The molecule has 9 rings (SSSR count). The highest BCUT2D eigenvalue weighted by Gasteiger charge is 2.16. The highest BCUT2D eigenvalue weighted by molar-refractivity contribution is 7.25. The maximum absolute atomic E-state index is 6.32. The van der Waals surface area contributed by atoms with Crippen molar-refractivity contribution < 1.29 is 4.42 Å². The van der Waals surface area contributed by atoms with Crippen molar-refractivity contribution in [2.45, 2.75) is 118 Å². The molecule has 0 saturated carbocycles. The van der Waals surface area contributed by atoms with Crippen LogP contribution in [0, 0.1) is 13.8 Å². The second kappa shape index (κ2) is 20.4. The smallest absolute Gasteiger partial charge is 0.136 e. The van der Waals surface area contributed by atoms with E-state index in [1.165, 1.54) is 175 Å². The van der Waals surface area contributed by atoms with Crippen LogP contribution in [0.3, 0.4) is 0 Å². The fourth-order valence-corrected chi connectivity index (χ4v) is 10.8. The van der Waals surface area contributed by atoms with Gasteiger partial charge in [0.05, 0.1) is 0 Å². The molecular formula is C62H64OS. The summed E-state index contributed by atoms with van der Waals surface area (Å²) in [5.74, 6) is 0. The Balaban J connectivity index is 1.13. The predicted octanol–water partition coefficient (Wildman–Crippen LogP) is 19.5. The van der Waals surface area contributed by atoms with Crippen LogP contribution in [-0.4, -0.2) is 0 Å². The van der Waals surface area contributed by atoms with Gasteiger partial charge in [0.25, 0.3) is 0 Å². The highest BCUT2D eigenvalue weighted by Crippen LogP contribution is 2.42. The normalized spacial score (nSPS) is 11.9. The number of hydrogen-bond donors (Lipinski definition) is 0. The van der Waals surface area contributed by atoms with Gasteiger partial charge in [0.2, 0.25) is 0 Å². The van der Waals surface area contributed by atoms with E-state index in [4.69, 9.17) is 4.42 Å². The van der Waals surface area contributed by atoms with Gasteiger partial charge in [-0.2, -0.15) is 0 Å². The number of rotatable bonds is 19. The Bertz CT molecular complexity index is 3030. The third kappa shape index (κ3) is 9.99. The van der Waals surface area contributed by atoms with Gasteiger partial charge in [-0.25, -0.2) is 0 Å². The molecule has 64 heavy (non-hydrogen) atoms. The van der Waals surface area contributed by atoms with Gasteiger partial charge in [0.15, 0.2) is 0 Å². The molecule has 0 bridgehead atoms. The summed E-state index contributed by atoms with van der Waals surface area (Å²) in [5.41, 5.74) is 17.8. The lowest BCUT2D eigenvalue weighted by molar-refractivity contribution is 0.605. The second-order valence-corrected chi connectivity index (χ2v) is 19.5. The van der Waals surface area contributed by atoms with Crippen molar-refractivity contribution in [2.24, 2.45) is 0 Å². The zero-order valence-electron chi connectivity index (χ0n) is 38.6. The Kier molecular flexibility index (Phi) is 13.9. The number of aryl methyl sites for hydroxylation is 4. The van der Waals surface area contributed by atoms with Crippen LogP contribution in [0.4, 0.5) is 0 Å². The maximum Gasteiger partial charge on any atom is 0.136 e. The first-order valence-corrected chi connectivity index (χ1v) is 25.2. The lowest BCUT2D eigenvalue weighted by Crippen LogP contribution is -1.99. The number of para-hydroxylation sites is 1. The minimum Gasteiger partial charge on any atom is -0.456 e. The Labute approximate surface area is 385 Å². The number of benzene rings is 7. The lowest BCUT2D eigenvalue weighted by atomic mass is 9.87. The van der Waals surface area contributed by atoms with Gasteiger partial charge < -0.3 is 4.42 Å². The van der Waals surface area contributed by atoms with Crippen LogP contribution >= 0.6 is 11.3 Å². The zero-order valence-corrected chi connectivity index (χ0v) is 39.4. The Morgan fingerprint density at radius 2 is 1.02 bits per heavy atom. The summed E-state index contributed by atoms with van der Waals surface area (Å²) in [4.78, 5) is 0.